The van der Waals surface area contributed by atoms with Gasteiger partial charge in [0.25, 0.3) is 5.91 Å². The van der Waals surface area contributed by atoms with Crippen LogP contribution in [0.25, 0.3) is 0 Å². The summed E-state index contributed by atoms with van der Waals surface area (Å²) >= 11 is 5.87. The number of cyclic esters (lactones) is 1. The first-order valence-electron chi connectivity index (χ1n) is 7.69. The zero-order chi connectivity index (χ0) is 20.0. The Morgan fingerprint density at radius 3 is 2.59 bits per heavy atom. The molecule has 1 aliphatic heterocycles. The van der Waals surface area contributed by atoms with E-state index in [1.165, 1.54) is 13.0 Å². The normalized spacial score (nSPS) is 19.3. The van der Waals surface area contributed by atoms with Gasteiger partial charge in [0, 0.05) is 6.42 Å². The van der Waals surface area contributed by atoms with Crippen LogP contribution in [0.2, 0.25) is 5.02 Å². The van der Waals surface area contributed by atoms with Crippen molar-refractivity contribution in [3.63, 3.8) is 0 Å². The van der Waals surface area contributed by atoms with Crippen molar-refractivity contribution in [3.8, 4) is 0 Å². The van der Waals surface area contributed by atoms with Crippen molar-refractivity contribution in [3.05, 3.63) is 63.9 Å². The van der Waals surface area contributed by atoms with Crippen LogP contribution in [0.5, 0.6) is 0 Å². The molecule has 0 aromatic heterocycles. The Kier molecular flexibility index (Phi) is 4.63. The number of halogens is 5. The van der Waals surface area contributed by atoms with Crippen LogP contribution < -0.4 is 5.32 Å². The molecule has 9 heteroatoms. The van der Waals surface area contributed by atoms with Gasteiger partial charge in [0.15, 0.2) is 5.60 Å². The number of hydrogen-bond acceptors (Lipinski definition) is 3. The quantitative estimate of drug-likeness (QED) is 0.590. The predicted octanol–water partition coefficient (Wildman–Crippen LogP) is 4.61. The van der Waals surface area contributed by atoms with Gasteiger partial charge in [-0.15, -0.1) is 0 Å². The van der Waals surface area contributed by atoms with Crippen molar-refractivity contribution in [1.82, 2.24) is 0 Å². The fourth-order valence-electron chi connectivity index (χ4n) is 2.75. The number of rotatable bonds is 2. The smallest absolute Gasteiger partial charge is 0.416 e. The molecule has 1 amide bonds. The van der Waals surface area contributed by atoms with Gasteiger partial charge in [0.1, 0.15) is 5.82 Å². The monoisotopic (exact) mass is 401 g/mol. The molecule has 1 unspecified atom stereocenters. The van der Waals surface area contributed by atoms with E-state index in [0.29, 0.717) is 6.07 Å². The van der Waals surface area contributed by atoms with Gasteiger partial charge >= 0.3 is 12.1 Å². The van der Waals surface area contributed by atoms with Gasteiger partial charge in [-0.3, -0.25) is 4.79 Å². The summed E-state index contributed by atoms with van der Waals surface area (Å²) < 4.78 is 57.2. The number of alkyl halides is 3. The topological polar surface area (TPSA) is 55.4 Å². The highest BCUT2D eigenvalue weighted by atomic mass is 35.5. The molecular formula is C18H12ClF4NO3. The average molecular weight is 402 g/mol. The molecule has 1 aliphatic rings. The minimum absolute atomic E-state index is 0.117. The van der Waals surface area contributed by atoms with E-state index in [1.54, 1.807) is 0 Å². The molecule has 0 aliphatic carbocycles. The summed E-state index contributed by atoms with van der Waals surface area (Å²) in [5, 5.41) is 2.14. The second kappa shape index (κ2) is 6.53. The largest absolute Gasteiger partial charge is 0.445 e. The molecule has 0 spiro atoms. The van der Waals surface area contributed by atoms with Crippen LogP contribution in [0.4, 0.5) is 23.2 Å². The molecule has 3 rings (SSSR count). The zero-order valence-corrected chi connectivity index (χ0v) is 14.5. The number of esters is 1. The molecule has 2 aromatic carbocycles. The van der Waals surface area contributed by atoms with E-state index in [-0.39, 0.29) is 28.3 Å². The third-order valence-electron chi connectivity index (χ3n) is 4.16. The lowest BCUT2D eigenvalue weighted by Crippen LogP contribution is -2.49. The van der Waals surface area contributed by atoms with E-state index in [1.807, 2.05) is 0 Å². The third-order valence-corrected chi connectivity index (χ3v) is 4.48. The number of fused-ring (bicyclic) bond motifs is 1. The van der Waals surface area contributed by atoms with E-state index < -0.39 is 35.0 Å². The highest BCUT2D eigenvalue weighted by molar-refractivity contribution is 6.33. The fourth-order valence-corrected chi connectivity index (χ4v) is 2.91. The molecule has 0 saturated heterocycles. The molecule has 0 bridgehead atoms. The summed E-state index contributed by atoms with van der Waals surface area (Å²) in [7, 11) is 0. The standard InChI is InChI=1S/C18H12ClF4NO3/c1-17(8-9-6-11(20)3-4-12(9)15(25)27-17)16(26)24-14-7-10(18(21,22)23)2-5-13(14)19/h2-7H,8H2,1H3,(H,24,26). The number of carbonyl (C=O) groups is 2. The van der Waals surface area contributed by atoms with Gasteiger partial charge in [-0.25, -0.2) is 9.18 Å². The van der Waals surface area contributed by atoms with Crippen molar-refractivity contribution in [2.24, 2.45) is 0 Å². The maximum atomic E-state index is 13.5. The lowest BCUT2D eigenvalue weighted by molar-refractivity contribution is -0.137. The summed E-state index contributed by atoms with van der Waals surface area (Å²) in [4.78, 5) is 24.7. The van der Waals surface area contributed by atoms with Crippen LogP contribution in [0, 0.1) is 5.82 Å². The Morgan fingerprint density at radius 2 is 1.93 bits per heavy atom. The van der Waals surface area contributed by atoms with Gasteiger partial charge in [0.2, 0.25) is 0 Å². The first kappa shape index (κ1) is 19.2. The first-order valence-corrected chi connectivity index (χ1v) is 8.07. The lowest BCUT2D eigenvalue weighted by atomic mass is 9.89. The number of benzene rings is 2. The highest BCUT2D eigenvalue weighted by Gasteiger charge is 2.43. The van der Waals surface area contributed by atoms with Crippen LogP contribution in [-0.2, 0) is 22.1 Å². The molecule has 1 N–H and O–H groups in total. The van der Waals surface area contributed by atoms with E-state index in [9.17, 15) is 27.2 Å². The summed E-state index contributed by atoms with van der Waals surface area (Å²) in [6.45, 7) is 1.29. The lowest BCUT2D eigenvalue weighted by Gasteiger charge is -2.33. The van der Waals surface area contributed by atoms with Crippen LogP contribution in [0.1, 0.15) is 28.4 Å². The minimum atomic E-state index is -4.62. The Bertz CT molecular complexity index is 945. The Morgan fingerprint density at radius 1 is 1.22 bits per heavy atom. The molecule has 27 heavy (non-hydrogen) atoms. The summed E-state index contributed by atoms with van der Waals surface area (Å²) in [5.74, 6) is -2.30. The third kappa shape index (κ3) is 3.75. The second-order valence-electron chi connectivity index (χ2n) is 6.25. The number of nitrogens with one attached hydrogen (secondary N) is 1. The maximum Gasteiger partial charge on any atom is 0.416 e. The zero-order valence-electron chi connectivity index (χ0n) is 13.8. The first-order chi connectivity index (χ1) is 12.5. The van der Waals surface area contributed by atoms with Crippen molar-refractivity contribution in [2.75, 3.05) is 5.32 Å². The summed E-state index contributed by atoms with van der Waals surface area (Å²) in [6, 6.07) is 5.90. The predicted molar refractivity (Wildman–Crippen MR) is 89.0 cm³/mol. The fraction of sp³-hybridized carbons (Fsp3) is 0.222. The summed E-state index contributed by atoms with van der Waals surface area (Å²) in [6.07, 6.45) is -4.77. The molecular weight excluding hydrogens is 390 g/mol. The van der Waals surface area contributed by atoms with Gasteiger partial charge in [-0.2, -0.15) is 13.2 Å². The molecule has 0 fully saturated rings. The Hall–Kier alpha value is -2.61. The number of hydrogen-bond donors (Lipinski definition) is 1. The van der Waals surface area contributed by atoms with Crippen LogP contribution in [0.3, 0.4) is 0 Å². The highest BCUT2D eigenvalue weighted by Crippen LogP contribution is 2.35. The number of amides is 1. The van der Waals surface area contributed by atoms with Crippen molar-refractivity contribution >= 4 is 29.2 Å². The van der Waals surface area contributed by atoms with Gasteiger partial charge in [0.05, 0.1) is 21.8 Å². The van der Waals surface area contributed by atoms with Crippen molar-refractivity contribution in [1.29, 1.82) is 0 Å². The van der Waals surface area contributed by atoms with Crippen LogP contribution in [0.15, 0.2) is 36.4 Å². The van der Waals surface area contributed by atoms with Crippen LogP contribution in [-0.4, -0.2) is 17.5 Å². The number of anilines is 1. The molecule has 2 aromatic rings. The molecule has 4 nitrogen and oxygen atoms in total. The van der Waals surface area contributed by atoms with E-state index in [2.05, 4.69) is 5.32 Å². The van der Waals surface area contributed by atoms with Crippen molar-refractivity contribution in [2.45, 2.75) is 25.1 Å². The van der Waals surface area contributed by atoms with Gasteiger partial charge < -0.3 is 10.1 Å². The van der Waals surface area contributed by atoms with E-state index in [4.69, 9.17) is 16.3 Å². The number of carbonyl (C=O) groups excluding carboxylic acids is 2. The molecule has 1 heterocycles. The molecule has 0 saturated carbocycles. The SMILES string of the molecule is CC1(C(=O)Nc2cc(C(F)(F)F)ccc2Cl)Cc2cc(F)ccc2C(=O)O1. The average Bonchev–Trinajstić information content (AvgIpc) is 2.55. The Balaban J connectivity index is 1.90. The molecule has 0 radical (unpaired) electrons. The van der Waals surface area contributed by atoms with Gasteiger partial charge in [-0.05, 0) is 48.9 Å². The Labute approximate surface area is 156 Å². The number of ether oxygens (including phenoxy) is 1. The molecule has 142 valence electrons. The maximum absolute atomic E-state index is 13.5. The van der Waals surface area contributed by atoms with E-state index in [0.717, 1.165) is 24.3 Å². The summed E-state index contributed by atoms with van der Waals surface area (Å²) in [5.41, 5.74) is -2.63. The van der Waals surface area contributed by atoms with Gasteiger partial charge in [-0.1, -0.05) is 11.6 Å². The second-order valence-corrected chi connectivity index (χ2v) is 6.65. The van der Waals surface area contributed by atoms with E-state index >= 15 is 0 Å². The van der Waals surface area contributed by atoms with Crippen molar-refractivity contribution < 1.29 is 31.9 Å². The molecule has 1 atom stereocenters. The minimum Gasteiger partial charge on any atom is -0.445 e. The van der Waals surface area contributed by atoms with Crippen LogP contribution >= 0.6 is 11.6 Å².